The number of methoxy groups -OCH3 is 1. The number of halogens is 1. The molecule has 0 amide bonds. The molecule has 0 atom stereocenters. The van der Waals surface area contributed by atoms with E-state index >= 15 is 0 Å². The predicted molar refractivity (Wildman–Crippen MR) is 31.7 cm³/mol. The van der Waals surface area contributed by atoms with E-state index in [1.807, 2.05) is 0 Å². The lowest BCUT2D eigenvalue weighted by atomic mass is 10.4. The van der Waals surface area contributed by atoms with Crippen molar-refractivity contribution in [2.24, 2.45) is 0 Å². The first-order chi connectivity index (χ1) is 4.31. The van der Waals surface area contributed by atoms with Crippen LogP contribution in [0.3, 0.4) is 0 Å². The summed E-state index contributed by atoms with van der Waals surface area (Å²) in [6.07, 6.45) is 2.92. The molecule has 0 rings (SSSR count). The summed E-state index contributed by atoms with van der Waals surface area (Å²) in [6.45, 7) is -0.437. The van der Waals surface area contributed by atoms with Crippen molar-refractivity contribution in [1.82, 2.24) is 0 Å². The summed E-state index contributed by atoms with van der Waals surface area (Å²) < 4.78 is 15.6. The first-order valence-electron chi connectivity index (χ1n) is 2.61. The Morgan fingerprint density at radius 3 is 2.89 bits per heavy atom. The lowest BCUT2D eigenvalue weighted by molar-refractivity contribution is -0.134. The minimum absolute atomic E-state index is 0.273. The van der Waals surface area contributed by atoms with Gasteiger partial charge in [0.05, 0.1) is 13.8 Å². The van der Waals surface area contributed by atoms with Gasteiger partial charge in [0.15, 0.2) is 0 Å². The third kappa shape index (κ3) is 5.00. The first kappa shape index (κ1) is 8.14. The summed E-state index contributed by atoms with van der Waals surface area (Å²) in [4.78, 5) is 10.3. The second kappa shape index (κ2) is 5.28. The summed E-state index contributed by atoms with van der Waals surface area (Å²) in [5.74, 6) is -0.441. The van der Waals surface area contributed by atoms with Gasteiger partial charge in [-0.05, 0) is 6.42 Å². The molecule has 0 radical (unpaired) electrons. The van der Waals surface area contributed by atoms with Crippen molar-refractivity contribution >= 4 is 5.97 Å². The highest BCUT2D eigenvalue weighted by atomic mass is 19.1. The lowest BCUT2D eigenvalue weighted by Crippen LogP contribution is -1.93. The van der Waals surface area contributed by atoms with Gasteiger partial charge in [-0.3, -0.25) is 4.39 Å². The number of ether oxygens (including phenoxy) is 1. The largest absolute Gasteiger partial charge is 0.466 e. The van der Waals surface area contributed by atoms with Crippen molar-refractivity contribution < 1.29 is 13.9 Å². The van der Waals surface area contributed by atoms with Gasteiger partial charge in [0.2, 0.25) is 0 Å². The number of alkyl halides is 1. The highest BCUT2D eigenvalue weighted by molar-refractivity contribution is 5.81. The number of hydrogen-bond acceptors (Lipinski definition) is 2. The topological polar surface area (TPSA) is 26.3 Å². The maximum Gasteiger partial charge on any atom is 0.330 e. The standard InChI is InChI=1S/C6H9FO2/c1-9-6(8)4-2-3-5-7/h2,4H,3,5H2,1H3. The fourth-order valence-corrected chi connectivity index (χ4v) is 0.311. The molecule has 0 spiro atoms. The molecule has 0 aromatic heterocycles. The first-order valence-corrected chi connectivity index (χ1v) is 2.61. The van der Waals surface area contributed by atoms with Gasteiger partial charge in [-0.15, -0.1) is 0 Å². The Bertz CT molecular complexity index is 110. The van der Waals surface area contributed by atoms with Crippen LogP contribution in [0.4, 0.5) is 4.39 Å². The van der Waals surface area contributed by atoms with Crippen molar-refractivity contribution in [3.63, 3.8) is 0 Å². The zero-order valence-electron chi connectivity index (χ0n) is 5.26. The number of allylic oxidation sites excluding steroid dienone is 1. The fourth-order valence-electron chi connectivity index (χ4n) is 0.311. The van der Waals surface area contributed by atoms with Gasteiger partial charge in [-0.25, -0.2) is 4.79 Å². The van der Waals surface area contributed by atoms with E-state index in [9.17, 15) is 9.18 Å². The van der Waals surface area contributed by atoms with E-state index in [0.717, 1.165) is 0 Å². The second-order valence-electron chi connectivity index (χ2n) is 1.40. The number of esters is 1. The number of carbonyl (C=O) groups is 1. The Kier molecular flexibility index (Phi) is 4.78. The molecule has 52 valence electrons. The van der Waals surface area contributed by atoms with E-state index in [4.69, 9.17) is 0 Å². The highest BCUT2D eigenvalue weighted by Gasteiger charge is 1.87. The van der Waals surface area contributed by atoms with Gasteiger partial charge < -0.3 is 4.74 Å². The Hall–Kier alpha value is -0.860. The minimum Gasteiger partial charge on any atom is -0.466 e. The SMILES string of the molecule is COC(=O)C=CCCF. The van der Waals surface area contributed by atoms with Gasteiger partial charge in [0.25, 0.3) is 0 Å². The quantitative estimate of drug-likeness (QED) is 0.424. The highest BCUT2D eigenvalue weighted by Crippen LogP contribution is 1.84. The van der Waals surface area contributed by atoms with E-state index in [-0.39, 0.29) is 6.42 Å². The molecule has 0 aliphatic heterocycles. The average molecular weight is 132 g/mol. The van der Waals surface area contributed by atoms with E-state index in [1.54, 1.807) is 0 Å². The van der Waals surface area contributed by atoms with Gasteiger partial charge in [0, 0.05) is 6.08 Å². The van der Waals surface area contributed by atoms with Crippen LogP contribution in [-0.2, 0) is 9.53 Å². The number of hydrogen-bond donors (Lipinski definition) is 0. The molecule has 0 aliphatic carbocycles. The normalized spacial score (nSPS) is 10.0. The van der Waals surface area contributed by atoms with E-state index in [1.165, 1.54) is 19.3 Å². The molecular weight excluding hydrogens is 123 g/mol. The Balaban J connectivity index is 3.32. The molecule has 0 fully saturated rings. The monoisotopic (exact) mass is 132 g/mol. The van der Waals surface area contributed by atoms with Gasteiger partial charge in [0.1, 0.15) is 0 Å². The zero-order valence-corrected chi connectivity index (χ0v) is 5.26. The minimum atomic E-state index is -0.441. The molecule has 0 bridgehead atoms. The van der Waals surface area contributed by atoms with E-state index in [0.29, 0.717) is 0 Å². The molecule has 0 heterocycles. The van der Waals surface area contributed by atoms with Crippen LogP contribution < -0.4 is 0 Å². The van der Waals surface area contributed by atoms with Gasteiger partial charge in [-0.2, -0.15) is 0 Å². The molecule has 0 saturated carbocycles. The molecule has 0 unspecified atom stereocenters. The van der Waals surface area contributed by atoms with E-state index < -0.39 is 12.6 Å². The molecule has 2 nitrogen and oxygen atoms in total. The van der Waals surface area contributed by atoms with Crippen molar-refractivity contribution in [1.29, 1.82) is 0 Å². The molecule has 0 aliphatic rings. The molecule has 3 heteroatoms. The van der Waals surface area contributed by atoms with Crippen LogP contribution in [0.25, 0.3) is 0 Å². The Labute approximate surface area is 53.3 Å². The van der Waals surface area contributed by atoms with Crippen molar-refractivity contribution in [2.45, 2.75) is 6.42 Å². The van der Waals surface area contributed by atoms with Gasteiger partial charge >= 0.3 is 5.97 Å². The van der Waals surface area contributed by atoms with Crippen LogP contribution in [0.2, 0.25) is 0 Å². The Morgan fingerprint density at radius 1 is 1.78 bits per heavy atom. The van der Waals surface area contributed by atoms with Crippen LogP contribution in [0, 0.1) is 0 Å². The summed E-state index contributed by atoms with van der Waals surface area (Å²) in [5, 5.41) is 0. The number of rotatable bonds is 3. The summed E-state index contributed by atoms with van der Waals surface area (Å²) >= 11 is 0. The van der Waals surface area contributed by atoms with Crippen LogP contribution in [0.15, 0.2) is 12.2 Å². The average Bonchev–Trinajstić information content (AvgIpc) is 1.89. The summed E-state index contributed by atoms with van der Waals surface area (Å²) in [7, 11) is 1.28. The van der Waals surface area contributed by atoms with Crippen LogP contribution >= 0.6 is 0 Å². The molecular formula is C6H9FO2. The molecule has 9 heavy (non-hydrogen) atoms. The Morgan fingerprint density at radius 2 is 2.44 bits per heavy atom. The third-order valence-electron chi connectivity index (χ3n) is 0.731. The maximum atomic E-state index is 11.3. The van der Waals surface area contributed by atoms with Crippen molar-refractivity contribution in [2.75, 3.05) is 13.8 Å². The summed E-state index contributed by atoms with van der Waals surface area (Å²) in [6, 6.07) is 0. The molecule has 0 aromatic carbocycles. The molecule has 0 aromatic rings. The van der Waals surface area contributed by atoms with Crippen LogP contribution in [0.5, 0.6) is 0 Å². The maximum absolute atomic E-state index is 11.3. The zero-order chi connectivity index (χ0) is 7.11. The lowest BCUT2D eigenvalue weighted by Gasteiger charge is -1.86. The molecule has 0 saturated heterocycles. The third-order valence-corrected chi connectivity index (χ3v) is 0.731. The van der Waals surface area contributed by atoms with Crippen LogP contribution in [0.1, 0.15) is 6.42 Å². The van der Waals surface area contributed by atoms with Crippen molar-refractivity contribution in [3.8, 4) is 0 Å². The number of carbonyl (C=O) groups excluding carboxylic acids is 1. The van der Waals surface area contributed by atoms with E-state index in [2.05, 4.69) is 4.74 Å². The van der Waals surface area contributed by atoms with Crippen LogP contribution in [-0.4, -0.2) is 19.8 Å². The van der Waals surface area contributed by atoms with Crippen molar-refractivity contribution in [3.05, 3.63) is 12.2 Å². The summed E-state index contributed by atoms with van der Waals surface area (Å²) in [5.41, 5.74) is 0. The van der Waals surface area contributed by atoms with Gasteiger partial charge in [-0.1, -0.05) is 6.08 Å². The fraction of sp³-hybridized carbons (Fsp3) is 0.500. The predicted octanol–water partition coefficient (Wildman–Crippen LogP) is 1.08. The second-order valence-corrected chi connectivity index (χ2v) is 1.40. The molecule has 0 N–H and O–H groups in total. The smallest absolute Gasteiger partial charge is 0.330 e.